The molecule has 1 N–H and O–H groups in total. The summed E-state index contributed by atoms with van der Waals surface area (Å²) in [5.74, 6) is 0.411. The lowest BCUT2D eigenvalue weighted by atomic mass is 10.2. The normalized spacial score (nSPS) is 11.2. The number of amides is 1. The summed E-state index contributed by atoms with van der Waals surface area (Å²) in [5, 5.41) is 11.4. The fourth-order valence-electron chi connectivity index (χ4n) is 1.63. The van der Waals surface area contributed by atoms with Crippen molar-refractivity contribution < 1.29 is 9.53 Å². The van der Waals surface area contributed by atoms with Crippen molar-refractivity contribution in [3.05, 3.63) is 60.2 Å². The van der Waals surface area contributed by atoms with E-state index < -0.39 is 6.10 Å². The minimum Gasteiger partial charge on any atom is -0.481 e. The Balaban J connectivity index is 1.95. The molecule has 0 aliphatic carbocycles. The van der Waals surface area contributed by atoms with E-state index in [1.807, 2.05) is 24.3 Å². The van der Waals surface area contributed by atoms with E-state index in [-0.39, 0.29) is 5.91 Å². The third kappa shape index (κ3) is 3.59. The second-order valence-corrected chi connectivity index (χ2v) is 4.25. The van der Waals surface area contributed by atoms with Gasteiger partial charge in [-0.25, -0.2) is 0 Å². The highest BCUT2D eigenvalue weighted by molar-refractivity contribution is 5.94. The van der Waals surface area contributed by atoms with Crippen molar-refractivity contribution in [3.63, 3.8) is 0 Å². The number of benzene rings is 2. The van der Waals surface area contributed by atoms with Gasteiger partial charge in [-0.2, -0.15) is 5.26 Å². The topological polar surface area (TPSA) is 62.1 Å². The fraction of sp³-hybridized carbons (Fsp3) is 0.125. The van der Waals surface area contributed by atoms with Gasteiger partial charge in [0.1, 0.15) is 5.75 Å². The van der Waals surface area contributed by atoms with E-state index >= 15 is 0 Å². The van der Waals surface area contributed by atoms with Crippen molar-refractivity contribution in [2.75, 3.05) is 5.32 Å². The Hall–Kier alpha value is -2.80. The maximum Gasteiger partial charge on any atom is 0.265 e. The number of nitrogens with zero attached hydrogens (tertiary/aromatic N) is 1. The lowest BCUT2D eigenvalue weighted by Crippen LogP contribution is -2.30. The van der Waals surface area contributed by atoms with Crippen molar-refractivity contribution >= 4 is 11.6 Å². The summed E-state index contributed by atoms with van der Waals surface area (Å²) >= 11 is 0. The summed E-state index contributed by atoms with van der Waals surface area (Å²) in [6, 6.07) is 17.9. The molecular formula is C16H14N2O2. The first-order valence-corrected chi connectivity index (χ1v) is 6.22. The smallest absolute Gasteiger partial charge is 0.265 e. The molecule has 0 heterocycles. The molecule has 0 radical (unpaired) electrons. The van der Waals surface area contributed by atoms with Gasteiger partial charge in [0, 0.05) is 5.69 Å². The van der Waals surface area contributed by atoms with Crippen LogP contribution in [0.1, 0.15) is 12.5 Å². The second kappa shape index (κ2) is 6.39. The third-order valence-corrected chi connectivity index (χ3v) is 2.71. The van der Waals surface area contributed by atoms with Crippen LogP contribution in [0.3, 0.4) is 0 Å². The van der Waals surface area contributed by atoms with E-state index in [1.165, 1.54) is 0 Å². The van der Waals surface area contributed by atoms with Crippen molar-refractivity contribution in [1.82, 2.24) is 0 Å². The monoisotopic (exact) mass is 266 g/mol. The molecule has 0 saturated carbocycles. The highest BCUT2D eigenvalue weighted by Crippen LogP contribution is 2.13. The van der Waals surface area contributed by atoms with E-state index in [4.69, 9.17) is 10.00 Å². The lowest BCUT2D eigenvalue weighted by Gasteiger charge is -2.14. The zero-order chi connectivity index (χ0) is 14.4. The number of carbonyl (C=O) groups is 1. The number of rotatable bonds is 4. The first kappa shape index (κ1) is 13.6. The van der Waals surface area contributed by atoms with Crippen molar-refractivity contribution in [2.45, 2.75) is 13.0 Å². The van der Waals surface area contributed by atoms with Crippen molar-refractivity contribution in [3.8, 4) is 11.8 Å². The summed E-state index contributed by atoms with van der Waals surface area (Å²) in [7, 11) is 0. The van der Waals surface area contributed by atoms with Gasteiger partial charge in [0.15, 0.2) is 6.10 Å². The lowest BCUT2D eigenvalue weighted by molar-refractivity contribution is -0.122. The summed E-state index contributed by atoms with van der Waals surface area (Å²) in [4.78, 5) is 12.0. The van der Waals surface area contributed by atoms with Gasteiger partial charge in [-0.3, -0.25) is 4.79 Å². The number of ether oxygens (including phenoxy) is 1. The van der Waals surface area contributed by atoms with E-state index in [1.54, 1.807) is 43.3 Å². The average molecular weight is 266 g/mol. The number of anilines is 1. The molecule has 1 unspecified atom stereocenters. The zero-order valence-corrected chi connectivity index (χ0v) is 11.0. The first-order chi connectivity index (χ1) is 9.69. The maximum atomic E-state index is 12.0. The van der Waals surface area contributed by atoms with Gasteiger partial charge in [0.05, 0.1) is 11.6 Å². The molecule has 2 aromatic carbocycles. The highest BCUT2D eigenvalue weighted by atomic mass is 16.5. The molecule has 2 aromatic rings. The predicted molar refractivity (Wildman–Crippen MR) is 76.3 cm³/mol. The molecule has 0 aromatic heterocycles. The Morgan fingerprint density at radius 3 is 2.40 bits per heavy atom. The quantitative estimate of drug-likeness (QED) is 0.925. The van der Waals surface area contributed by atoms with Crippen LogP contribution in [0.4, 0.5) is 5.69 Å². The zero-order valence-electron chi connectivity index (χ0n) is 11.0. The molecule has 0 aliphatic rings. The summed E-state index contributed by atoms with van der Waals surface area (Å²) in [5.41, 5.74) is 1.19. The predicted octanol–water partition coefficient (Wildman–Crippen LogP) is 2.96. The maximum absolute atomic E-state index is 12.0. The van der Waals surface area contributed by atoms with Crippen molar-refractivity contribution in [1.29, 1.82) is 5.26 Å². The summed E-state index contributed by atoms with van der Waals surface area (Å²) < 4.78 is 5.53. The third-order valence-electron chi connectivity index (χ3n) is 2.71. The Morgan fingerprint density at radius 2 is 1.80 bits per heavy atom. The Labute approximate surface area is 117 Å². The van der Waals surface area contributed by atoms with E-state index in [0.29, 0.717) is 17.0 Å². The molecule has 0 aliphatic heterocycles. The molecule has 100 valence electrons. The van der Waals surface area contributed by atoms with Crippen LogP contribution in [0, 0.1) is 11.3 Å². The van der Waals surface area contributed by atoms with Crippen LogP contribution in [0.2, 0.25) is 0 Å². The molecule has 1 amide bonds. The van der Waals surface area contributed by atoms with Crippen LogP contribution >= 0.6 is 0 Å². The molecule has 4 heteroatoms. The van der Waals surface area contributed by atoms with Crippen LogP contribution in [-0.4, -0.2) is 12.0 Å². The van der Waals surface area contributed by atoms with Gasteiger partial charge in [-0.05, 0) is 43.3 Å². The molecule has 0 saturated heterocycles. The van der Waals surface area contributed by atoms with Gasteiger partial charge >= 0.3 is 0 Å². The highest BCUT2D eigenvalue weighted by Gasteiger charge is 2.14. The second-order valence-electron chi connectivity index (χ2n) is 4.25. The minimum absolute atomic E-state index is 0.237. The largest absolute Gasteiger partial charge is 0.481 e. The number of nitrogens with one attached hydrogen (secondary N) is 1. The number of hydrogen-bond donors (Lipinski definition) is 1. The molecule has 2 rings (SSSR count). The number of carbonyl (C=O) groups excluding carboxylic acids is 1. The van der Waals surface area contributed by atoms with E-state index in [0.717, 1.165) is 0 Å². The molecule has 0 spiro atoms. The molecule has 0 fully saturated rings. The molecule has 20 heavy (non-hydrogen) atoms. The van der Waals surface area contributed by atoms with Crippen LogP contribution in [0.25, 0.3) is 0 Å². The number of nitriles is 1. The fourth-order valence-corrected chi connectivity index (χ4v) is 1.63. The van der Waals surface area contributed by atoms with Crippen molar-refractivity contribution in [2.24, 2.45) is 0 Å². The Bertz CT molecular complexity index is 615. The number of para-hydroxylation sites is 1. The van der Waals surface area contributed by atoms with E-state index in [2.05, 4.69) is 5.32 Å². The van der Waals surface area contributed by atoms with E-state index in [9.17, 15) is 4.79 Å². The minimum atomic E-state index is -0.604. The van der Waals surface area contributed by atoms with Gasteiger partial charge in [-0.1, -0.05) is 18.2 Å². The van der Waals surface area contributed by atoms with Gasteiger partial charge in [0.2, 0.25) is 0 Å². The van der Waals surface area contributed by atoms with Crippen LogP contribution < -0.4 is 10.1 Å². The number of hydrogen-bond acceptors (Lipinski definition) is 3. The Kier molecular flexibility index (Phi) is 4.35. The standard InChI is InChI=1S/C16H14N2O2/c1-12(20-15-5-3-2-4-6-15)16(19)18-14-9-7-13(11-17)8-10-14/h2-10,12H,1H3,(H,18,19). The van der Waals surface area contributed by atoms with Gasteiger partial charge in [0.25, 0.3) is 5.91 Å². The van der Waals surface area contributed by atoms with Crippen LogP contribution in [0.5, 0.6) is 5.75 Å². The summed E-state index contributed by atoms with van der Waals surface area (Å²) in [6.45, 7) is 1.69. The van der Waals surface area contributed by atoms with Gasteiger partial charge in [-0.15, -0.1) is 0 Å². The average Bonchev–Trinajstić information content (AvgIpc) is 2.49. The van der Waals surface area contributed by atoms with Crippen LogP contribution in [0.15, 0.2) is 54.6 Å². The SMILES string of the molecule is CC(Oc1ccccc1)C(=O)Nc1ccc(C#N)cc1. The van der Waals surface area contributed by atoms with Crippen LogP contribution in [-0.2, 0) is 4.79 Å². The molecule has 4 nitrogen and oxygen atoms in total. The first-order valence-electron chi connectivity index (χ1n) is 6.22. The Morgan fingerprint density at radius 1 is 1.15 bits per heavy atom. The molecular weight excluding hydrogens is 252 g/mol. The molecule has 1 atom stereocenters. The van der Waals surface area contributed by atoms with Gasteiger partial charge < -0.3 is 10.1 Å². The molecule has 0 bridgehead atoms. The summed E-state index contributed by atoms with van der Waals surface area (Å²) in [6.07, 6.45) is -0.604.